The predicted octanol–water partition coefficient (Wildman–Crippen LogP) is 11.6. The molecule has 40 heavy (non-hydrogen) atoms. The van der Waals surface area contributed by atoms with Crippen LogP contribution in [0, 0.1) is 0 Å². The summed E-state index contributed by atoms with van der Waals surface area (Å²) in [4.78, 5) is 23.8. The monoisotopic (exact) mass is 565 g/mol. The van der Waals surface area contributed by atoms with E-state index in [9.17, 15) is 9.59 Å². The van der Waals surface area contributed by atoms with Gasteiger partial charge in [-0.2, -0.15) is 0 Å². The molecule has 0 aromatic heterocycles. The highest BCUT2D eigenvalue weighted by Gasteiger charge is 2.36. The molecular formula is C36H68O4. The molecule has 1 saturated heterocycles. The first kappa shape index (κ1) is 37.1. The molecule has 0 spiro atoms. The first-order valence-corrected chi connectivity index (χ1v) is 18.1. The van der Waals surface area contributed by atoms with Gasteiger partial charge in [0.15, 0.2) is 0 Å². The Balaban J connectivity index is 1.75. The molecule has 4 heteroatoms. The summed E-state index contributed by atoms with van der Waals surface area (Å²) in [5, 5.41) is 0. The van der Waals surface area contributed by atoms with Gasteiger partial charge >= 0.3 is 11.9 Å². The summed E-state index contributed by atoms with van der Waals surface area (Å²) in [7, 11) is 0. The van der Waals surface area contributed by atoms with Crippen molar-refractivity contribution in [3.63, 3.8) is 0 Å². The Kier molecular flexibility index (Phi) is 26.2. The average Bonchev–Trinajstić information content (AvgIpc) is 3.69. The third-order valence-corrected chi connectivity index (χ3v) is 8.61. The Hall–Kier alpha value is -0.900. The van der Waals surface area contributed by atoms with Gasteiger partial charge in [0.05, 0.1) is 12.2 Å². The lowest BCUT2D eigenvalue weighted by molar-refractivity contribution is -0.159. The largest absolute Gasteiger partial charge is 0.393 e. The van der Waals surface area contributed by atoms with E-state index in [4.69, 9.17) is 9.47 Å². The fourth-order valence-electron chi connectivity index (χ4n) is 5.83. The molecule has 0 aliphatic carbocycles. The smallest absolute Gasteiger partial charge is 0.313 e. The second kappa shape index (κ2) is 28.2. The van der Waals surface area contributed by atoms with Crippen molar-refractivity contribution in [2.24, 2.45) is 0 Å². The number of epoxide rings is 1. The Morgan fingerprint density at radius 3 is 1.07 bits per heavy atom. The number of esters is 2. The fraction of sp³-hybridized carbons (Fsp3) is 0.944. The molecule has 0 aromatic carbocycles. The van der Waals surface area contributed by atoms with Gasteiger partial charge < -0.3 is 9.47 Å². The van der Waals surface area contributed by atoms with Crippen LogP contribution in [0.1, 0.15) is 206 Å². The maximum absolute atomic E-state index is 11.9. The van der Waals surface area contributed by atoms with Crippen molar-refractivity contribution < 1.29 is 19.1 Å². The summed E-state index contributed by atoms with van der Waals surface area (Å²) >= 11 is 0. The van der Waals surface area contributed by atoms with Crippen molar-refractivity contribution in [3.05, 3.63) is 0 Å². The summed E-state index contributed by atoms with van der Waals surface area (Å²) < 4.78 is 10.8. The van der Waals surface area contributed by atoms with Crippen LogP contribution in [0.5, 0.6) is 0 Å². The van der Waals surface area contributed by atoms with Crippen LogP contribution in [-0.4, -0.2) is 24.1 Å². The number of unbranched alkanes of at least 4 members (excludes halogenated alkanes) is 23. The second-order valence-electron chi connectivity index (χ2n) is 12.6. The van der Waals surface area contributed by atoms with E-state index in [1.54, 1.807) is 0 Å². The normalized spacial score (nSPS) is 16.4. The van der Waals surface area contributed by atoms with Crippen LogP contribution in [0.2, 0.25) is 0 Å². The minimum Gasteiger partial charge on any atom is -0.393 e. The minimum atomic E-state index is -0.332. The molecule has 236 valence electrons. The van der Waals surface area contributed by atoms with E-state index in [1.807, 2.05) is 0 Å². The highest BCUT2D eigenvalue weighted by atomic mass is 16.6. The highest BCUT2D eigenvalue weighted by Crippen LogP contribution is 2.31. The second-order valence-corrected chi connectivity index (χ2v) is 12.6. The van der Waals surface area contributed by atoms with Crippen molar-refractivity contribution in [2.45, 2.75) is 219 Å². The molecule has 1 heterocycles. The molecular weight excluding hydrogens is 496 g/mol. The van der Waals surface area contributed by atoms with Gasteiger partial charge in [0.2, 0.25) is 0 Å². The highest BCUT2D eigenvalue weighted by molar-refractivity contribution is 5.85. The van der Waals surface area contributed by atoms with E-state index in [-0.39, 0.29) is 11.9 Å². The maximum atomic E-state index is 11.9. The number of hydrogen-bond donors (Lipinski definition) is 0. The molecule has 0 radical (unpaired) electrons. The summed E-state index contributed by atoms with van der Waals surface area (Å²) in [5.74, 6) is -0.662. The first-order chi connectivity index (χ1) is 19.7. The predicted molar refractivity (Wildman–Crippen MR) is 170 cm³/mol. The Morgan fingerprint density at radius 2 is 0.700 bits per heavy atom. The topological polar surface area (TPSA) is 55.9 Å². The van der Waals surface area contributed by atoms with Crippen molar-refractivity contribution in [1.29, 1.82) is 0 Å². The van der Waals surface area contributed by atoms with Crippen LogP contribution >= 0.6 is 0 Å². The number of carbonyl (C=O) groups is 2. The number of ether oxygens (including phenoxy) is 2. The van der Waals surface area contributed by atoms with Crippen molar-refractivity contribution in [3.8, 4) is 0 Å². The lowest BCUT2D eigenvalue weighted by Crippen LogP contribution is -2.11. The van der Waals surface area contributed by atoms with E-state index in [2.05, 4.69) is 13.8 Å². The summed E-state index contributed by atoms with van der Waals surface area (Å²) in [6.45, 7) is 4.53. The van der Waals surface area contributed by atoms with E-state index in [0.717, 1.165) is 25.7 Å². The molecule has 0 bridgehead atoms. The number of carbonyl (C=O) groups excluding carboxylic acids is 2. The van der Waals surface area contributed by atoms with Gasteiger partial charge in [0.25, 0.3) is 0 Å². The molecule has 4 nitrogen and oxygen atoms in total. The van der Waals surface area contributed by atoms with Gasteiger partial charge in [-0.25, -0.2) is 0 Å². The Labute approximate surface area is 249 Å². The minimum absolute atomic E-state index is 0.330. The molecule has 1 fully saturated rings. The van der Waals surface area contributed by atoms with Crippen LogP contribution in [0.25, 0.3) is 0 Å². The summed E-state index contributed by atoms with van der Waals surface area (Å²) in [6.07, 6.45) is 37.5. The molecule has 2 unspecified atom stereocenters. The van der Waals surface area contributed by atoms with E-state index >= 15 is 0 Å². The van der Waals surface area contributed by atoms with Crippen molar-refractivity contribution >= 4 is 11.9 Å². The van der Waals surface area contributed by atoms with Gasteiger partial charge in [0.1, 0.15) is 0 Å². The lowest BCUT2D eigenvalue weighted by atomic mass is 10.0. The van der Waals surface area contributed by atoms with Crippen LogP contribution in [-0.2, 0) is 19.1 Å². The third-order valence-electron chi connectivity index (χ3n) is 8.61. The number of rotatable bonds is 31. The molecule has 2 atom stereocenters. The van der Waals surface area contributed by atoms with Gasteiger partial charge in [-0.1, -0.05) is 168 Å². The molecule has 1 rings (SSSR count). The lowest BCUT2D eigenvalue weighted by Gasteiger charge is -2.05. The van der Waals surface area contributed by atoms with Crippen molar-refractivity contribution in [2.75, 3.05) is 0 Å². The van der Waals surface area contributed by atoms with Gasteiger partial charge in [-0.3, -0.25) is 9.59 Å². The van der Waals surface area contributed by atoms with Crippen molar-refractivity contribution in [1.82, 2.24) is 0 Å². The van der Waals surface area contributed by atoms with Crippen LogP contribution in [0.4, 0.5) is 0 Å². The van der Waals surface area contributed by atoms with E-state index in [1.165, 1.54) is 154 Å². The maximum Gasteiger partial charge on any atom is 0.313 e. The summed E-state index contributed by atoms with van der Waals surface area (Å²) in [5.41, 5.74) is 0. The zero-order chi connectivity index (χ0) is 28.9. The van der Waals surface area contributed by atoms with Gasteiger partial charge in [-0.05, 0) is 25.7 Å². The van der Waals surface area contributed by atoms with Crippen LogP contribution in [0.15, 0.2) is 0 Å². The first-order valence-electron chi connectivity index (χ1n) is 18.1. The van der Waals surface area contributed by atoms with Crippen LogP contribution < -0.4 is 0 Å². The molecule has 0 N–H and O–H groups in total. The molecule has 1 aliphatic rings. The van der Waals surface area contributed by atoms with E-state index < -0.39 is 0 Å². The quantitative estimate of drug-likeness (QED) is 0.0363. The zero-order valence-electron chi connectivity index (χ0n) is 27.0. The SMILES string of the molecule is CCCCCCCCCCCCCCCCCC(=O)OC(=O)CCCCCCCCCCC1OC1CCCCC. The van der Waals surface area contributed by atoms with E-state index in [0.29, 0.717) is 25.0 Å². The molecule has 1 aliphatic heterocycles. The molecule has 0 amide bonds. The molecule has 0 aromatic rings. The molecule has 0 saturated carbocycles. The third kappa shape index (κ3) is 24.9. The summed E-state index contributed by atoms with van der Waals surface area (Å²) in [6, 6.07) is 0. The number of hydrogen-bond acceptors (Lipinski definition) is 4. The fourth-order valence-corrected chi connectivity index (χ4v) is 5.83. The van der Waals surface area contributed by atoms with Gasteiger partial charge in [0, 0.05) is 12.8 Å². The van der Waals surface area contributed by atoms with Crippen LogP contribution in [0.3, 0.4) is 0 Å². The Bertz CT molecular complexity index is 575. The zero-order valence-corrected chi connectivity index (χ0v) is 27.0. The van der Waals surface area contributed by atoms with Gasteiger partial charge in [-0.15, -0.1) is 0 Å². The average molecular weight is 565 g/mol. The Morgan fingerprint density at radius 1 is 0.425 bits per heavy atom. The standard InChI is InChI=1S/C36H68O4/c1-3-5-7-8-9-10-11-12-13-14-15-16-20-23-27-31-35(37)40-36(38)32-28-24-21-18-17-19-22-26-30-34-33(39-34)29-25-6-4-2/h33-34H,3-32H2,1-2H3.